The van der Waals surface area contributed by atoms with E-state index in [-0.39, 0.29) is 10.5 Å². The highest BCUT2D eigenvalue weighted by Crippen LogP contribution is 2.31. The second-order valence-corrected chi connectivity index (χ2v) is 6.79. The molecule has 92 valence electrons. The van der Waals surface area contributed by atoms with Gasteiger partial charge in [-0.3, -0.25) is 9.78 Å². The van der Waals surface area contributed by atoms with Crippen LogP contribution in [0.3, 0.4) is 0 Å². The molecular formula is C13H18N2OS. The molecule has 4 heteroatoms. The molecule has 0 aromatic carbocycles. The van der Waals surface area contributed by atoms with E-state index >= 15 is 0 Å². The van der Waals surface area contributed by atoms with E-state index in [1.165, 1.54) is 0 Å². The highest BCUT2D eigenvalue weighted by Gasteiger charge is 2.27. The zero-order valence-corrected chi connectivity index (χ0v) is 11.4. The lowest BCUT2D eigenvalue weighted by Crippen LogP contribution is -2.43. The third kappa shape index (κ3) is 3.00. The third-order valence-electron chi connectivity index (χ3n) is 2.90. The van der Waals surface area contributed by atoms with Gasteiger partial charge in [0.25, 0.3) is 0 Å². The van der Waals surface area contributed by atoms with Gasteiger partial charge in [-0.25, -0.2) is 0 Å². The molecule has 1 aliphatic heterocycles. The summed E-state index contributed by atoms with van der Waals surface area (Å²) in [6.07, 6.45) is 1.81. The lowest BCUT2D eigenvalue weighted by atomic mass is 10.1. The fourth-order valence-corrected chi connectivity index (χ4v) is 3.13. The van der Waals surface area contributed by atoms with Crippen LogP contribution in [0.1, 0.15) is 31.3 Å². The van der Waals surface area contributed by atoms with Crippen molar-refractivity contribution in [1.82, 2.24) is 4.98 Å². The Kier molecular flexibility index (Phi) is 3.43. The molecule has 2 heterocycles. The number of hydrogen-bond donors (Lipinski definition) is 0. The van der Waals surface area contributed by atoms with Crippen LogP contribution in [-0.4, -0.2) is 34.4 Å². The normalized spacial score (nSPS) is 19.1. The van der Waals surface area contributed by atoms with Crippen LogP contribution in [0.15, 0.2) is 18.3 Å². The SMILES string of the molecule is CC(=O)c1ccc(N2CCSC(C)(C)C2)cn1. The van der Waals surface area contributed by atoms with Crippen LogP contribution in [0.5, 0.6) is 0 Å². The molecule has 1 aromatic heterocycles. The van der Waals surface area contributed by atoms with E-state index in [0.717, 1.165) is 24.5 Å². The Balaban J connectivity index is 2.14. The number of pyridine rings is 1. The van der Waals surface area contributed by atoms with Crippen molar-refractivity contribution in [3.63, 3.8) is 0 Å². The quantitative estimate of drug-likeness (QED) is 0.755. The number of carbonyl (C=O) groups excluding carboxylic acids is 1. The van der Waals surface area contributed by atoms with Crippen LogP contribution in [-0.2, 0) is 0 Å². The first kappa shape index (κ1) is 12.4. The van der Waals surface area contributed by atoms with E-state index in [0.29, 0.717) is 5.69 Å². The van der Waals surface area contributed by atoms with Crippen molar-refractivity contribution in [2.45, 2.75) is 25.5 Å². The maximum Gasteiger partial charge on any atom is 0.178 e. The molecule has 0 spiro atoms. The second kappa shape index (κ2) is 4.69. The number of carbonyl (C=O) groups is 1. The summed E-state index contributed by atoms with van der Waals surface area (Å²) >= 11 is 2.01. The summed E-state index contributed by atoms with van der Waals surface area (Å²) in [6.45, 7) is 8.15. The first-order valence-electron chi connectivity index (χ1n) is 5.84. The molecule has 0 N–H and O–H groups in total. The van der Waals surface area contributed by atoms with E-state index in [2.05, 4.69) is 23.7 Å². The van der Waals surface area contributed by atoms with Crippen LogP contribution in [0.4, 0.5) is 5.69 Å². The first-order valence-corrected chi connectivity index (χ1v) is 6.82. The molecule has 0 aliphatic carbocycles. The number of Topliss-reactive ketones (excluding diaryl/α,β-unsaturated/α-hetero) is 1. The average Bonchev–Trinajstić information content (AvgIpc) is 2.28. The van der Waals surface area contributed by atoms with Crippen molar-refractivity contribution < 1.29 is 4.79 Å². The van der Waals surface area contributed by atoms with Crippen molar-refractivity contribution in [3.05, 3.63) is 24.0 Å². The van der Waals surface area contributed by atoms with Crippen LogP contribution < -0.4 is 4.90 Å². The Morgan fingerprint density at radius 2 is 2.24 bits per heavy atom. The fourth-order valence-electron chi connectivity index (χ4n) is 2.02. The number of hydrogen-bond acceptors (Lipinski definition) is 4. The Labute approximate surface area is 107 Å². The summed E-state index contributed by atoms with van der Waals surface area (Å²) in [5.41, 5.74) is 1.66. The minimum atomic E-state index is 0.0195. The van der Waals surface area contributed by atoms with Crippen LogP contribution in [0.2, 0.25) is 0 Å². The standard InChI is InChI=1S/C13H18N2OS/c1-10(16)12-5-4-11(8-14-12)15-6-7-17-13(2,3)9-15/h4-5,8H,6-7,9H2,1-3H3. The first-order chi connectivity index (χ1) is 7.98. The predicted molar refractivity (Wildman–Crippen MR) is 73.0 cm³/mol. The molecule has 1 saturated heterocycles. The molecule has 0 atom stereocenters. The van der Waals surface area contributed by atoms with Gasteiger partial charge < -0.3 is 4.90 Å². The number of nitrogens with zero attached hydrogens (tertiary/aromatic N) is 2. The molecule has 0 saturated carbocycles. The lowest BCUT2D eigenvalue weighted by Gasteiger charge is -2.38. The largest absolute Gasteiger partial charge is 0.368 e. The fraction of sp³-hybridized carbons (Fsp3) is 0.538. The molecule has 1 fully saturated rings. The monoisotopic (exact) mass is 250 g/mol. The molecule has 1 aromatic rings. The Morgan fingerprint density at radius 1 is 1.47 bits per heavy atom. The zero-order valence-electron chi connectivity index (χ0n) is 10.6. The number of thioether (sulfide) groups is 1. The van der Waals surface area contributed by atoms with E-state index in [1.807, 2.05) is 30.1 Å². The van der Waals surface area contributed by atoms with Crippen molar-refractivity contribution >= 4 is 23.2 Å². The highest BCUT2D eigenvalue weighted by atomic mass is 32.2. The predicted octanol–water partition coefficient (Wildman–Crippen LogP) is 2.62. The number of rotatable bonds is 2. The summed E-state index contributed by atoms with van der Waals surface area (Å²) < 4.78 is 0.289. The maximum atomic E-state index is 11.2. The van der Waals surface area contributed by atoms with Gasteiger partial charge in [0, 0.05) is 30.5 Å². The summed E-state index contributed by atoms with van der Waals surface area (Å²) in [5.74, 6) is 1.16. The molecule has 2 rings (SSSR count). The van der Waals surface area contributed by atoms with E-state index in [4.69, 9.17) is 0 Å². The zero-order chi connectivity index (χ0) is 12.5. The number of ketones is 1. The van der Waals surface area contributed by atoms with E-state index in [9.17, 15) is 4.79 Å². The van der Waals surface area contributed by atoms with Crippen LogP contribution in [0, 0.1) is 0 Å². The van der Waals surface area contributed by atoms with E-state index < -0.39 is 0 Å². The lowest BCUT2D eigenvalue weighted by molar-refractivity contribution is 0.101. The molecule has 0 radical (unpaired) electrons. The van der Waals surface area contributed by atoms with Crippen molar-refractivity contribution in [1.29, 1.82) is 0 Å². The second-order valence-electron chi connectivity index (χ2n) is 4.99. The van der Waals surface area contributed by atoms with Crippen molar-refractivity contribution in [3.8, 4) is 0 Å². The van der Waals surface area contributed by atoms with Crippen LogP contribution in [0.25, 0.3) is 0 Å². The molecular weight excluding hydrogens is 232 g/mol. The Hall–Kier alpha value is -1.03. The minimum absolute atomic E-state index is 0.0195. The molecule has 3 nitrogen and oxygen atoms in total. The third-order valence-corrected chi connectivity index (χ3v) is 4.20. The summed E-state index contributed by atoms with van der Waals surface area (Å²) in [4.78, 5) is 17.7. The molecule has 0 amide bonds. The molecule has 1 aliphatic rings. The van der Waals surface area contributed by atoms with Gasteiger partial charge in [0.2, 0.25) is 0 Å². The minimum Gasteiger partial charge on any atom is -0.368 e. The van der Waals surface area contributed by atoms with Crippen molar-refractivity contribution in [2.24, 2.45) is 0 Å². The van der Waals surface area contributed by atoms with Gasteiger partial charge in [-0.2, -0.15) is 11.8 Å². The van der Waals surface area contributed by atoms with Gasteiger partial charge >= 0.3 is 0 Å². The van der Waals surface area contributed by atoms with Crippen molar-refractivity contribution in [2.75, 3.05) is 23.7 Å². The summed E-state index contributed by atoms with van der Waals surface area (Å²) in [7, 11) is 0. The van der Waals surface area contributed by atoms with E-state index in [1.54, 1.807) is 6.92 Å². The number of anilines is 1. The molecule has 17 heavy (non-hydrogen) atoms. The van der Waals surface area contributed by atoms with Gasteiger partial charge in [-0.15, -0.1) is 0 Å². The highest BCUT2D eigenvalue weighted by molar-refractivity contribution is 8.00. The smallest absolute Gasteiger partial charge is 0.178 e. The van der Waals surface area contributed by atoms with Crippen LogP contribution >= 0.6 is 11.8 Å². The maximum absolute atomic E-state index is 11.2. The van der Waals surface area contributed by atoms with Gasteiger partial charge in [0.15, 0.2) is 5.78 Å². The van der Waals surface area contributed by atoms with Gasteiger partial charge in [0.1, 0.15) is 5.69 Å². The molecule has 0 unspecified atom stereocenters. The van der Waals surface area contributed by atoms with Gasteiger partial charge in [-0.05, 0) is 26.0 Å². The number of aromatic nitrogens is 1. The average molecular weight is 250 g/mol. The topological polar surface area (TPSA) is 33.2 Å². The Bertz CT molecular complexity index is 414. The summed E-state index contributed by atoms with van der Waals surface area (Å²) in [6, 6.07) is 3.81. The van der Waals surface area contributed by atoms with Gasteiger partial charge in [0.05, 0.1) is 11.9 Å². The molecule has 0 bridgehead atoms. The van der Waals surface area contributed by atoms with Gasteiger partial charge in [-0.1, -0.05) is 0 Å². The summed E-state index contributed by atoms with van der Waals surface area (Å²) in [5, 5.41) is 0. The Morgan fingerprint density at radius 3 is 2.76 bits per heavy atom.